The first-order valence-electron chi connectivity index (χ1n) is 11.0. The molecule has 1 aromatic heterocycles. The summed E-state index contributed by atoms with van der Waals surface area (Å²) in [6.07, 6.45) is 7.82. The topological polar surface area (TPSA) is 91.6 Å². The first kappa shape index (κ1) is 21.7. The van der Waals surface area contributed by atoms with Gasteiger partial charge in [0.1, 0.15) is 11.3 Å². The van der Waals surface area contributed by atoms with Crippen molar-refractivity contribution in [2.24, 2.45) is 5.92 Å². The number of hydrogen-bond acceptors (Lipinski definition) is 5. The minimum absolute atomic E-state index is 0.0592. The van der Waals surface area contributed by atoms with Crippen molar-refractivity contribution in [1.82, 2.24) is 5.32 Å². The van der Waals surface area contributed by atoms with E-state index in [-0.39, 0.29) is 10.8 Å². The Balaban J connectivity index is 1.44. The summed E-state index contributed by atoms with van der Waals surface area (Å²) >= 11 is 0. The molecule has 2 aromatic carbocycles. The van der Waals surface area contributed by atoms with Crippen molar-refractivity contribution in [2.75, 3.05) is 4.72 Å². The maximum atomic E-state index is 12.9. The minimum atomic E-state index is -3.90. The standard InChI is InChI=1S/C24H30N2O4S/c1-17(13-18-7-3-2-4-8-18)25-16-19-9-5-6-10-22(19)26-31(28,29)24-15-20-14-21(27)11-12-23(20)30-24/h5-6,9-12,14-15,17-18,25-27H,2-4,7-8,13,16H2,1H3/t17-/m0/s1. The van der Waals surface area contributed by atoms with E-state index in [4.69, 9.17) is 4.42 Å². The molecule has 4 rings (SSSR count). The highest BCUT2D eigenvalue weighted by Crippen LogP contribution is 2.29. The SMILES string of the molecule is C[C@@H](CC1CCCCC1)NCc1ccccc1NS(=O)(=O)c1cc2cc(O)ccc2o1. The number of rotatable bonds is 8. The molecule has 0 radical (unpaired) electrons. The van der Waals surface area contributed by atoms with Crippen LogP contribution in [0.5, 0.6) is 5.75 Å². The van der Waals surface area contributed by atoms with Crippen LogP contribution in [0.3, 0.4) is 0 Å². The lowest BCUT2D eigenvalue weighted by atomic mass is 9.85. The predicted molar refractivity (Wildman–Crippen MR) is 123 cm³/mol. The molecule has 1 aliphatic rings. The third-order valence-electron chi connectivity index (χ3n) is 6.06. The summed E-state index contributed by atoms with van der Waals surface area (Å²) in [6, 6.07) is 13.7. The molecule has 0 bridgehead atoms. The van der Waals surface area contributed by atoms with Crippen molar-refractivity contribution < 1.29 is 17.9 Å². The Morgan fingerprint density at radius 2 is 1.87 bits per heavy atom. The fraction of sp³-hybridized carbons (Fsp3) is 0.417. The second-order valence-electron chi connectivity index (χ2n) is 8.57. The van der Waals surface area contributed by atoms with Crippen molar-refractivity contribution in [3.63, 3.8) is 0 Å². The summed E-state index contributed by atoms with van der Waals surface area (Å²) in [7, 11) is -3.90. The number of fused-ring (bicyclic) bond motifs is 1. The highest BCUT2D eigenvalue weighted by molar-refractivity contribution is 7.92. The van der Waals surface area contributed by atoms with Gasteiger partial charge in [0.15, 0.2) is 0 Å². The fourth-order valence-corrected chi connectivity index (χ4v) is 5.47. The smallest absolute Gasteiger partial charge is 0.295 e. The average Bonchev–Trinajstić information content (AvgIpc) is 3.18. The Kier molecular flexibility index (Phi) is 6.53. The first-order valence-corrected chi connectivity index (χ1v) is 12.5. The Morgan fingerprint density at radius 1 is 1.10 bits per heavy atom. The van der Waals surface area contributed by atoms with Gasteiger partial charge in [0, 0.05) is 24.0 Å². The Morgan fingerprint density at radius 3 is 2.68 bits per heavy atom. The lowest BCUT2D eigenvalue weighted by molar-refractivity contribution is 0.305. The van der Waals surface area contributed by atoms with Crippen molar-refractivity contribution >= 4 is 26.7 Å². The molecule has 3 aromatic rings. The van der Waals surface area contributed by atoms with Crippen LogP contribution in [0.2, 0.25) is 0 Å². The molecule has 1 heterocycles. The summed E-state index contributed by atoms with van der Waals surface area (Å²) < 4.78 is 34.0. The molecule has 1 aliphatic carbocycles. The number of hydrogen-bond donors (Lipinski definition) is 3. The Hall–Kier alpha value is -2.51. The van der Waals surface area contributed by atoms with Crippen LogP contribution in [0.4, 0.5) is 5.69 Å². The van der Waals surface area contributed by atoms with Crippen LogP contribution < -0.4 is 10.0 Å². The highest BCUT2D eigenvalue weighted by Gasteiger charge is 2.21. The van der Waals surface area contributed by atoms with E-state index in [9.17, 15) is 13.5 Å². The average molecular weight is 443 g/mol. The number of anilines is 1. The van der Waals surface area contributed by atoms with E-state index >= 15 is 0 Å². The van der Waals surface area contributed by atoms with Crippen LogP contribution in [-0.4, -0.2) is 19.6 Å². The zero-order valence-corrected chi connectivity index (χ0v) is 18.6. The Bertz CT molecular complexity index is 1130. The van der Waals surface area contributed by atoms with Crippen LogP contribution in [0.1, 0.15) is 51.0 Å². The molecule has 0 aliphatic heterocycles. The quantitative estimate of drug-likeness (QED) is 0.435. The number of sulfonamides is 1. The normalized spacial score (nSPS) is 16.4. The highest BCUT2D eigenvalue weighted by atomic mass is 32.2. The van der Waals surface area contributed by atoms with Gasteiger partial charge in [0.2, 0.25) is 5.09 Å². The number of phenols is 1. The van der Waals surface area contributed by atoms with E-state index in [1.54, 1.807) is 12.1 Å². The van der Waals surface area contributed by atoms with Gasteiger partial charge in [-0.15, -0.1) is 0 Å². The Labute approximate surface area is 183 Å². The summed E-state index contributed by atoms with van der Waals surface area (Å²) in [6.45, 7) is 2.78. The summed E-state index contributed by atoms with van der Waals surface area (Å²) in [4.78, 5) is 0. The van der Waals surface area contributed by atoms with Gasteiger partial charge in [-0.25, -0.2) is 0 Å². The molecular formula is C24H30N2O4S. The second-order valence-corrected chi connectivity index (χ2v) is 10.2. The molecule has 0 spiro atoms. The van der Waals surface area contributed by atoms with Crippen molar-refractivity contribution in [3.05, 3.63) is 54.1 Å². The molecule has 31 heavy (non-hydrogen) atoms. The van der Waals surface area contributed by atoms with Crippen molar-refractivity contribution in [1.29, 1.82) is 0 Å². The lowest BCUT2D eigenvalue weighted by Gasteiger charge is -2.25. The van der Waals surface area contributed by atoms with Gasteiger partial charge >= 0.3 is 0 Å². The van der Waals surface area contributed by atoms with Gasteiger partial charge in [0.25, 0.3) is 10.0 Å². The fourth-order valence-electron chi connectivity index (χ4n) is 4.40. The van der Waals surface area contributed by atoms with E-state index in [2.05, 4.69) is 17.0 Å². The molecular weight excluding hydrogens is 412 g/mol. The predicted octanol–water partition coefficient (Wildman–Crippen LogP) is 5.39. The second kappa shape index (κ2) is 9.32. The molecule has 0 unspecified atom stereocenters. The zero-order valence-electron chi connectivity index (χ0n) is 17.8. The number of phenolic OH excluding ortho intramolecular Hbond substituents is 1. The maximum absolute atomic E-state index is 12.9. The summed E-state index contributed by atoms with van der Waals surface area (Å²) in [5, 5.41) is 13.5. The van der Waals surface area contributed by atoms with Crippen molar-refractivity contribution in [3.8, 4) is 5.75 Å². The molecule has 1 saturated carbocycles. The molecule has 0 saturated heterocycles. The number of para-hydroxylation sites is 1. The molecule has 166 valence electrons. The van der Waals surface area contributed by atoms with E-state index in [0.717, 1.165) is 17.9 Å². The lowest BCUT2D eigenvalue weighted by Crippen LogP contribution is -2.29. The van der Waals surface area contributed by atoms with Gasteiger partial charge < -0.3 is 14.8 Å². The van der Waals surface area contributed by atoms with Gasteiger partial charge in [0.05, 0.1) is 5.69 Å². The van der Waals surface area contributed by atoms with Gasteiger partial charge in [-0.1, -0.05) is 50.3 Å². The number of nitrogens with one attached hydrogen (secondary N) is 2. The first-order chi connectivity index (χ1) is 14.9. The molecule has 7 heteroatoms. The largest absolute Gasteiger partial charge is 0.508 e. The van der Waals surface area contributed by atoms with Gasteiger partial charge in [-0.2, -0.15) is 8.42 Å². The van der Waals surface area contributed by atoms with Gasteiger partial charge in [-0.05, 0) is 49.1 Å². The van der Waals surface area contributed by atoms with Crippen molar-refractivity contribution in [2.45, 2.75) is 63.1 Å². The summed E-state index contributed by atoms with van der Waals surface area (Å²) in [5.41, 5.74) is 1.82. The van der Waals surface area contributed by atoms with E-state index in [1.165, 1.54) is 50.3 Å². The minimum Gasteiger partial charge on any atom is -0.508 e. The number of aromatic hydroxyl groups is 1. The molecule has 1 fully saturated rings. The number of benzene rings is 2. The molecule has 0 amide bonds. The summed E-state index contributed by atoms with van der Waals surface area (Å²) in [5.74, 6) is 0.849. The van der Waals surface area contributed by atoms with Crippen LogP contribution in [-0.2, 0) is 16.6 Å². The maximum Gasteiger partial charge on any atom is 0.295 e. The zero-order chi connectivity index (χ0) is 21.8. The molecule has 6 nitrogen and oxygen atoms in total. The van der Waals surface area contributed by atoms with Crippen LogP contribution in [0.15, 0.2) is 58.0 Å². The third-order valence-corrected chi connectivity index (χ3v) is 7.28. The molecule has 3 N–H and O–H groups in total. The number of furan rings is 1. The van der Waals surface area contributed by atoms with E-state index in [0.29, 0.717) is 29.2 Å². The van der Waals surface area contributed by atoms with Gasteiger partial charge in [-0.3, -0.25) is 4.72 Å². The monoisotopic (exact) mass is 442 g/mol. The van der Waals surface area contributed by atoms with E-state index < -0.39 is 10.0 Å². The van der Waals surface area contributed by atoms with Crippen LogP contribution >= 0.6 is 0 Å². The van der Waals surface area contributed by atoms with E-state index in [1.807, 2.05) is 18.2 Å². The van der Waals surface area contributed by atoms with Crippen LogP contribution in [0.25, 0.3) is 11.0 Å². The third kappa shape index (κ3) is 5.40. The van der Waals surface area contributed by atoms with Crippen LogP contribution in [0, 0.1) is 5.92 Å². The molecule has 1 atom stereocenters.